The van der Waals surface area contributed by atoms with Gasteiger partial charge in [0, 0.05) is 18.9 Å². The molecule has 7 heteroatoms. The van der Waals surface area contributed by atoms with Gasteiger partial charge in [-0.25, -0.2) is 4.79 Å². The molecule has 1 aromatic carbocycles. The van der Waals surface area contributed by atoms with Crippen molar-refractivity contribution in [1.29, 1.82) is 0 Å². The van der Waals surface area contributed by atoms with Crippen LogP contribution in [0, 0.1) is 0 Å². The number of nitrogens with zero attached hydrogens (tertiary/aromatic N) is 3. The lowest BCUT2D eigenvalue weighted by Crippen LogP contribution is -2.00. The first kappa shape index (κ1) is 10.6. The third-order valence-corrected chi connectivity index (χ3v) is 2.64. The van der Waals surface area contributed by atoms with Gasteiger partial charge in [0.25, 0.3) is 0 Å². The highest BCUT2D eigenvalue weighted by molar-refractivity contribution is 5.78. The zero-order chi connectivity index (χ0) is 12.5. The van der Waals surface area contributed by atoms with Crippen LogP contribution in [0.2, 0.25) is 0 Å². The van der Waals surface area contributed by atoms with Crippen molar-refractivity contribution >= 4 is 16.7 Å². The number of hydrogen-bond acceptors (Lipinski definition) is 4. The standard InChI is InChI=1S/C11H12N6O/c1-17-6-8(15-16-17)5-12-7-2-3-9-10(4-7)14-11(18)13-9/h2-4,6,12H,5H2,1H3,(H2,13,14,18). The second-order valence-corrected chi connectivity index (χ2v) is 4.08. The summed E-state index contributed by atoms with van der Waals surface area (Å²) in [6, 6.07) is 5.64. The molecule has 2 heterocycles. The van der Waals surface area contributed by atoms with E-state index in [-0.39, 0.29) is 5.69 Å². The molecule has 0 radical (unpaired) electrons. The Morgan fingerprint density at radius 2 is 2.17 bits per heavy atom. The van der Waals surface area contributed by atoms with Crippen molar-refractivity contribution < 1.29 is 0 Å². The Labute approximate surface area is 102 Å². The average Bonchev–Trinajstić information content (AvgIpc) is 2.90. The van der Waals surface area contributed by atoms with E-state index in [1.807, 2.05) is 31.4 Å². The van der Waals surface area contributed by atoms with Crippen molar-refractivity contribution in [3.8, 4) is 0 Å². The zero-order valence-corrected chi connectivity index (χ0v) is 9.77. The monoisotopic (exact) mass is 244 g/mol. The fourth-order valence-corrected chi connectivity index (χ4v) is 1.81. The summed E-state index contributed by atoms with van der Waals surface area (Å²) in [7, 11) is 1.83. The Bertz CT molecular complexity index is 737. The van der Waals surface area contributed by atoms with Crippen LogP contribution >= 0.6 is 0 Å². The number of nitrogens with one attached hydrogen (secondary N) is 3. The lowest BCUT2D eigenvalue weighted by Gasteiger charge is -2.03. The first-order valence-corrected chi connectivity index (χ1v) is 5.52. The predicted molar refractivity (Wildman–Crippen MR) is 67.2 cm³/mol. The van der Waals surface area contributed by atoms with Gasteiger partial charge in [0.1, 0.15) is 5.69 Å². The Hall–Kier alpha value is -2.57. The second-order valence-electron chi connectivity index (χ2n) is 4.08. The van der Waals surface area contributed by atoms with Crippen LogP contribution in [0.3, 0.4) is 0 Å². The fraction of sp³-hybridized carbons (Fsp3) is 0.182. The van der Waals surface area contributed by atoms with E-state index < -0.39 is 0 Å². The van der Waals surface area contributed by atoms with Crippen molar-refractivity contribution in [3.05, 3.63) is 40.6 Å². The molecule has 2 aromatic heterocycles. The Morgan fingerprint density at radius 1 is 1.33 bits per heavy atom. The first-order chi connectivity index (χ1) is 8.70. The van der Waals surface area contributed by atoms with Crippen LogP contribution in [0.4, 0.5) is 5.69 Å². The van der Waals surface area contributed by atoms with Crippen LogP contribution in [0.15, 0.2) is 29.2 Å². The van der Waals surface area contributed by atoms with Gasteiger partial charge in [0.05, 0.1) is 17.6 Å². The maximum atomic E-state index is 11.1. The molecule has 0 spiro atoms. The molecular weight excluding hydrogens is 232 g/mol. The number of imidazole rings is 1. The van der Waals surface area contributed by atoms with Gasteiger partial charge in [-0.2, -0.15) is 0 Å². The van der Waals surface area contributed by atoms with E-state index in [1.165, 1.54) is 0 Å². The van der Waals surface area contributed by atoms with Crippen LogP contribution in [0.25, 0.3) is 11.0 Å². The van der Waals surface area contributed by atoms with Crippen LogP contribution in [-0.2, 0) is 13.6 Å². The number of aromatic nitrogens is 5. The molecule has 0 saturated carbocycles. The summed E-state index contributed by atoms with van der Waals surface area (Å²) in [5, 5.41) is 11.1. The molecule has 0 aliphatic heterocycles. The maximum absolute atomic E-state index is 11.1. The SMILES string of the molecule is Cn1cc(CNc2ccc3[nH]c(=O)[nH]c3c2)nn1. The molecule has 0 amide bonds. The summed E-state index contributed by atoms with van der Waals surface area (Å²) in [4.78, 5) is 16.5. The summed E-state index contributed by atoms with van der Waals surface area (Å²) in [6.07, 6.45) is 1.85. The van der Waals surface area contributed by atoms with Crippen LogP contribution < -0.4 is 11.0 Å². The minimum absolute atomic E-state index is 0.198. The van der Waals surface area contributed by atoms with Gasteiger partial charge in [-0.15, -0.1) is 5.10 Å². The summed E-state index contributed by atoms with van der Waals surface area (Å²) in [6.45, 7) is 0.591. The normalized spacial score (nSPS) is 10.9. The maximum Gasteiger partial charge on any atom is 0.323 e. The van der Waals surface area contributed by atoms with E-state index in [0.29, 0.717) is 6.54 Å². The number of fused-ring (bicyclic) bond motifs is 1. The van der Waals surface area contributed by atoms with Gasteiger partial charge < -0.3 is 15.3 Å². The van der Waals surface area contributed by atoms with Crippen molar-refractivity contribution in [2.45, 2.75) is 6.54 Å². The van der Waals surface area contributed by atoms with Gasteiger partial charge >= 0.3 is 5.69 Å². The minimum atomic E-state index is -0.198. The number of anilines is 1. The molecule has 0 fully saturated rings. The van der Waals surface area contributed by atoms with Gasteiger partial charge in [-0.05, 0) is 18.2 Å². The average molecular weight is 244 g/mol. The van der Waals surface area contributed by atoms with E-state index in [9.17, 15) is 4.79 Å². The number of hydrogen-bond donors (Lipinski definition) is 3. The van der Waals surface area contributed by atoms with Crippen LogP contribution in [-0.4, -0.2) is 25.0 Å². The molecule has 0 aliphatic carbocycles. The van der Waals surface area contributed by atoms with E-state index >= 15 is 0 Å². The summed E-state index contributed by atoms with van der Waals surface area (Å²) in [5.41, 5.74) is 3.16. The topological polar surface area (TPSA) is 91.4 Å². The third kappa shape index (κ3) is 1.97. The molecule has 0 aliphatic rings. The highest BCUT2D eigenvalue weighted by Crippen LogP contribution is 2.14. The van der Waals surface area contributed by atoms with Crippen molar-refractivity contribution in [2.24, 2.45) is 7.05 Å². The van der Waals surface area contributed by atoms with Gasteiger partial charge in [-0.3, -0.25) is 4.68 Å². The van der Waals surface area contributed by atoms with E-state index in [4.69, 9.17) is 0 Å². The van der Waals surface area contributed by atoms with E-state index in [1.54, 1.807) is 4.68 Å². The lowest BCUT2D eigenvalue weighted by molar-refractivity contribution is 0.713. The van der Waals surface area contributed by atoms with Crippen molar-refractivity contribution in [3.63, 3.8) is 0 Å². The van der Waals surface area contributed by atoms with E-state index in [0.717, 1.165) is 22.4 Å². The fourth-order valence-electron chi connectivity index (χ4n) is 1.81. The Morgan fingerprint density at radius 3 is 2.94 bits per heavy atom. The molecule has 92 valence electrons. The molecule has 0 saturated heterocycles. The van der Waals surface area contributed by atoms with Crippen molar-refractivity contribution in [1.82, 2.24) is 25.0 Å². The van der Waals surface area contributed by atoms with Crippen LogP contribution in [0.5, 0.6) is 0 Å². The number of H-pyrrole nitrogens is 2. The predicted octanol–water partition coefficient (Wildman–Crippen LogP) is 0.597. The quantitative estimate of drug-likeness (QED) is 0.629. The summed E-state index contributed by atoms with van der Waals surface area (Å²) in [5.74, 6) is 0. The van der Waals surface area contributed by atoms with Gasteiger partial charge in [0.2, 0.25) is 0 Å². The largest absolute Gasteiger partial charge is 0.379 e. The third-order valence-electron chi connectivity index (χ3n) is 2.64. The second kappa shape index (κ2) is 4.02. The lowest BCUT2D eigenvalue weighted by atomic mass is 10.2. The minimum Gasteiger partial charge on any atom is -0.379 e. The Balaban J connectivity index is 1.80. The van der Waals surface area contributed by atoms with E-state index in [2.05, 4.69) is 25.6 Å². The molecule has 3 rings (SSSR count). The van der Waals surface area contributed by atoms with Gasteiger partial charge in [-0.1, -0.05) is 5.21 Å². The molecule has 0 atom stereocenters. The number of aromatic amines is 2. The van der Waals surface area contributed by atoms with Gasteiger partial charge in [0.15, 0.2) is 0 Å². The molecular formula is C11H12N6O. The summed E-state index contributed by atoms with van der Waals surface area (Å²) >= 11 is 0. The highest BCUT2D eigenvalue weighted by atomic mass is 16.1. The molecule has 3 N–H and O–H groups in total. The number of rotatable bonds is 3. The highest BCUT2D eigenvalue weighted by Gasteiger charge is 2.01. The first-order valence-electron chi connectivity index (χ1n) is 5.52. The molecule has 0 unspecified atom stereocenters. The number of benzene rings is 1. The molecule has 0 bridgehead atoms. The summed E-state index contributed by atoms with van der Waals surface area (Å²) < 4.78 is 1.66. The van der Waals surface area contributed by atoms with Crippen molar-refractivity contribution in [2.75, 3.05) is 5.32 Å². The Kier molecular flexibility index (Phi) is 2.36. The zero-order valence-electron chi connectivity index (χ0n) is 9.77. The molecule has 7 nitrogen and oxygen atoms in total. The molecule has 3 aromatic rings. The smallest absolute Gasteiger partial charge is 0.323 e. The van der Waals surface area contributed by atoms with Crippen LogP contribution in [0.1, 0.15) is 5.69 Å². The number of aryl methyl sites for hydroxylation is 1. The molecule has 18 heavy (non-hydrogen) atoms.